The van der Waals surface area contributed by atoms with Crippen molar-refractivity contribution in [3.05, 3.63) is 54.1 Å². The van der Waals surface area contributed by atoms with Gasteiger partial charge in [0.1, 0.15) is 17.9 Å². The number of ether oxygens (including phenoxy) is 1. The molecular weight excluding hydrogens is 342 g/mol. The maximum Gasteiger partial charge on any atom is 0.136 e. The highest BCUT2D eigenvalue weighted by Gasteiger charge is 2.12. The molecule has 138 valence electrons. The van der Waals surface area contributed by atoms with Crippen LogP contribution < -0.4 is 0 Å². The molecule has 0 atom stereocenters. The maximum atomic E-state index is 5.62. The fraction of sp³-hybridized carbons (Fsp3) is 0.429. The Balaban J connectivity index is 1.55. The third kappa shape index (κ3) is 4.86. The van der Waals surface area contributed by atoms with Crippen molar-refractivity contribution >= 4 is 22.8 Å². The molecule has 0 aliphatic heterocycles. The number of rotatable bonds is 10. The molecule has 0 spiro atoms. The van der Waals surface area contributed by atoms with E-state index >= 15 is 0 Å². The summed E-state index contributed by atoms with van der Waals surface area (Å²) in [5, 5.41) is 0. The molecule has 0 amide bonds. The zero-order valence-corrected chi connectivity index (χ0v) is 16.5. The van der Waals surface area contributed by atoms with Crippen LogP contribution in [-0.4, -0.2) is 26.9 Å². The first-order valence-electron chi connectivity index (χ1n) is 9.35. The van der Waals surface area contributed by atoms with Crippen LogP contribution >= 0.6 is 11.8 Å². The normalized spacial score (nSPS) is 11.3. The molecule has 0 bridgehead atoms. The molecule has 2 aromatic heterocycles. The lowest BCUT2D eigenvalue weighted by Crippen LogP contribution is -2.07. The number of aromatic nitrogens is 3. The zero-order chi connectivity index (χ0) is 18.2. The summed E-state index contributed by atoms with van der Waals surface area (Å²) < 4.78 is 7.94. The van der Waals surface area contributed by atoms with Crippen molar-refractivity contribution < 1.29 is 4.74 Å². The summed E-state index contributed by atoms with van der Waals surface area (Å²) >= 11 is 1.94. The Labute approximate surface area is 160 Å². The van der Waals surface area contributed by atoms with Gasteiger partial charge in [0.25, 0.3) is 0 Å². The topological polar surface area (TPSA) is 39.9 Å². The van der Waals surface area contributed by atoms with Crippen LogP contribution in [0, 0.1) is 6.92 Å². The van der Waals surface area contributed by atoms with Crippen molar-refractivity contribution in [3.63, 3.8) is 0 Å². The first-order chi connectivity index (χ1) is 12.8. The van der Waals surface area contributed by atoms with Crippen molar-refractivity contribution in [3.8, 4) is 0 Å². The van der Waals surface area contributed by atoms with Gasteiger partial charge in [-0.3, -0.25) is 4.98 Å². The van der Waals surface area contributed by atoms with Gasteiger partial charge in [0.2, 0.25) is 0 Å². The van der Waals surface area contributed by atoms with Crippen LogP contribution in [0.4, 0.5) is 0 Å². The summed E-state index contributed by atoms with van der Waals surface area (Å²) in [7, 11) is 0. The number of benzene rings is 1. The van der Waals surface area contributed by atoms with E-state index in [1.807, 2.05) is 31.1 Å². The lowest BCUT2D eigenvalue weighted by Gasteiger charge is -2.10. The minimum Gasteiger partial charge on any atom is -0.374 e. The second kappa shape index (κ2) is 9.74. The van der Waals surface area contributed by atoms with E-state index < -0.39 is 0 Å². The van der Waals surface area contributed by atoms with E-state index in [9.17, 15) is 0 Å². The molecule has 2 heterocycles. The fourth-order valence-electron chi connectivity index (χ4n) is 3.11. The molecule has 0 saturated carbocycles. The molecule has 5 heteroatoms. The van der Waals surface area contributed by atoms with E-state index in [1.54, 1.807) is 0 Å². The summed E-state index contributed by atoms with van der Waals surface area (Å²) in [5.41, 5.74) is 3.35. The largest absolute Gasteiger partial charge is 0.374 e. The van der Waals surface area contributed by atoms with Gasteiger partial charge in [0, 0.05) is 24.2 Å². The number of pyridine rings is 1. The van der Waals surface area contributed by atoms with Gasteiger partial charge >= 0.3 is 0 Å². The molecule has 0 unspecified atom stereocenters. The van der Waals surface area contributed by atoms with E-state index in [-0.39, 0.29) is 0 Å². The SMILES string of the molecule is CCOCc1nc2cncc(C)c2n1CCCCCSc1ccccc1. The van der Waals surface area contributed by atoms with Crippen molar-refractivity contribution in [2.45, 2.75) is 51.2 Å². The summed E-state index contributed by atoms with van der Waals surface area (Å²) in [5.74, 6) is 2.18. The van der Waals surface area contributed by atoms with Gasteiger partial charge in [0.05, 0.1) is 11.7 Å². The Morgan fingerprint density at radius 1 is 1.08 bits per heavy atom. The van der Waals surface area contributed by atoms with Crippen LogP contribution in [0.2, 0.25) is 0 Å². The van der Waals surface area contributed by atoms with E-state index in [0.717, 1.165) is 24.3 Å². The lowest BCUT2D eigenvalue weighted by atomic mass is 10.2. The monoisotopic (exact) mass is 369 g/mol. The van der Waals surface area contributed by atoms with Crippen LogP contribution in [0.5, 0.6) is 0 Å². The van der Waals surface area contributed by atoms with E-state index in [0.29, 0.717) is 13.2 Å². The predicted octanol–water partition coefficient (Wildman–Crippen LogP) is 5.24. The number of nitrogens with zero attached hydrogens (tertiary/aromatic N) is 3. The van der Waals surface area contributed by atoms with E-state index in [2.05, 4.69) is 46.8 Å². The molecule has 26 heavy (non-hydrogen) atoms. The highest BCUT2D eigenvalue weighted by atomic mass is 32.2. The van der Waals surface area contributed by atoms with Gasteiger partial charge in [0.15, 0.2) is 0 Å². The van der Waals surface area contributed by atoms with Gasteiger partial charge in [-0.15, -0.1) is 11.8 Å². The Morgan fingerprint density at radius 3 is 2.73 bits per heavy atom. The molecule has 0 saturated heterocycles. The van der Waals surface area contributed by atoms with Gasteiger partial charge in [-0.05, 0) is 50.1 Å². The van der Waals surface area contributed by atoms with Crippen LogP contribution in [0.15, 0.2) is 47.6 Å². The Bertz CT molecular complexity index is 817. The highest BCUT2D eigenvalue weighted by Crippen LogP contribution is 2.22. The molecule has 0 aliphatic rings. The standard InChI is InChI=1S/C21H27N3OS/c1-3-25-16-20-23-19-15-22-14-17(2)21(19)24(20)12-8-5-9-13-26-18-10-6-4-7-11-18/h4,6-7,10-11,14-15H,3,5,8-9,12-13,16H2,1-2H3. The summed E-state index contributed by atoms with van der Waals surface area (Å²) in [6, 6.07) is 10.6. The molecule has 0 fully saturated rings. The quantitative estimate of drug-likeness (QED) is 0.362. The smallest absolute Gasteiger partial charge is 0.136 e. The van der Waals surface area contributed by atoms with Crippen LogP contribution in [0.1, 0.15) is 37.6 Å². The number of aryl methyl sites for hydroxylation is 2. The minimum absolute atomic E-state index is 0.564. The summed E-state index contributed by atoms with van der Waals surface area (Å²) in [6.07, 6.45) is 7.37. The molecule has 0 N–H and O–H groups in total. The van der Waals surface area contributed by atoms with Crippen molar-refractivity contribution in [1.29, 1.82) is 0 Å². The Hall–Kier alpha value is -1.85. The molecule has 0 radical (unpaired) electrons. The molecule has 3 rings (SSSR count). The van der Waals surface area contributed by atoms with Gasteiger partial charge in [-0.2, -0.15) is 0 Å². The highest BCUT2D eigenvalue weighted by molar-refractivity contribution is 7.99. The summed E-state index contributed by atoms with van der Waals surface area (Å²) in [6.45, 7) is 6.38. The van der Waals surface area contributed by atoms with Crippen molar-refractivity contribution in [2.24, 2.45) is 0 Å². The molecular formula is C21H27N3OS. The van der Waals surface area contributed by atoms with Gasteiger partial charge in [-0.1, -0.05) is 24.6 Å². The second-order valence-corrected chi connectivity index (χ2v) is 7.53. The van der Waals surface area contributed by atoms with Crippen molar-refractivity contribution in [2.75, 3.05) is 12.4 Å². The van der Waals surface area contributed by atoms with Crippen molar-refractivity contribution in [1.82, 2.24) is 14.5 Å². The number of thioether (sulfide) groups is 1. The average molecular weight is 370 g/mol. The molecule has 1 aromatic carbocycles. The second-order valence-electron chi connectivity index (χ2n) is 6.36. The fourth-order valence-corrected chi connectivity index (χ4v) is 4.04. The first kappa shape index (κ1) is 18.9. The number of imidazole rings is 1. The summed E-state index contributed by atoms with van der Waals surface area (Å²) in [4.78, 5) is 10.4. The van der Waals surface area contributed by atoms with E-state index in [1.165, 1.54) is 34.6 Å². The van der Waals surface area contributed by atoms with E-state index in [4.69, 9.17) is 9.72 Å². The van der Waals surface area contributed by atoms with Gasteiger partial charge in [-0.25, -0.2) is 4.98 Å². The third-order valence-corrected chi connectivity index (χ3v) is 5.48. The number of unbranched alkanes of at least 4 members (excludes halogenated alkanes) is 2. The Kier molecular flexibility index (Phi) is 7.09. The number of hydrogen-bond donors (Lipinski definition) is 0. The number of fused-ring (bicyclic) bond motifs is 1. The van der Waals surface area contributed by atoms with Crippen LogP contribution in [0.25, 0.3) is 11.0 Å². The zero-order valence-electron chi connectivity index (χ0n) is 15.6. The maximum absolute atomic E-state index is 5.62. The third-order valence-electron chi connectivity index (χ3n) is 4.39. The van der Waals surface area contributed by atoms with Crippen LogP contribution in [-0.2, 0) is 17.9 Å². The average Bonchev–Trinajstić information content (AvgIpc) is 3.02. The molecule has 3 aromatic rings. The minimum atomic E-state index is 0.564. The number of hydrogen-bond acceptors (Lipinski definition) is 4. The predicted molar refractivity (Wildman–Crippen MR) is 109 cm³/mol. The van der Waals surface area contributed by atoms with Crippen LogP contribution in [0.3, 0.4) is 0 Å². The first-order valence-corrected chi connectivity index (χ1v) is 10.3. The van der Waals surface area contributed by atoms with Gasteiger partial charge < -0.3 is 9.30 Å². The Morgan fingerprint density at radius 2 is 1.92 bits per heavy atom. The molecule has 4 nitrogen and oxygen atoms in total. The molecule has 0 aliphatic carbocycles. The lowest BCUT2D eigenvalue weighted by molar-refractivity contribution is 0.126.